The molecule has 2 heterocycles. The molecular weight excluding hydrogens is 324 g/mol. The first-order valence-electron chi connectivity index (χ1n) is 7.47. The van der Waals surface area contributed by atoms with Crippen LogP contribution in [0.1, 0.15) is 11.5 Å². The molecule has 2 aliphatic rings. The molecular formula is C17H18N4O4. The van der Waals surface area contributed by atoms with E-state index < -0.39 is 11.8 Å². The Morgan fingerprint density at radius 1 is 1.32 bits per heavy atom. The number of benzene rings is 1. The lowest BCUT2D eigenvalue weighted by molar-refractivity contribution is -0.0394. The number of fused-ring (bicyclic) bond motifs is 1. The normalized spacial score (nSPS) is 24.4. The second-order valence-electron chi connectivity index (χ2n) is 5.36. The average Bonchev–Trinajstić information content (AvgIpc) is 2.66. The van der Waals surface area contributed by atoms with Crippen LogP contribution in [-0.4, -0.2) is 33.1 Å². The number of nitrogens with zero attached hydrogens (tertiary/aromatic N) is 2. The van der Waals surface area contributed by atoms with E-state index >= 15 is 0 Å². The van der Waals surface area contributed by atoms with E-state index in [9.17, 15) is 5.26 Å². The summed E-state index contributed by atoms with van der Waals surface area (Å²) in [6.07, 6.45) is 3.31. The molecule has 0 fully saturated rings. The van der Waals surface area contributed by atoms with E-state index in [0.717, 1.165) is 0 Å². The number of nitrogens with two attached hydrogens (primary N) is 1. The van der Waals surface area contributed by atoms with Gasteiger partial charge < -0.3 is 30.0 Å². The van der Waals surface area contributed by atoms with Gasteiger partial charge in [-0.1, -0.05) is 6.07 Å². The second kappa shape index (κ2) is 6.37. The van der Waals surface area contributed by atoms with Crippen molar-refractivity contribution < 1.29 is 18.9 Å². The van der Waals surface area contributed by atoms with E-state index in [1.54, 1.807) is 37.6 Å². The maximum Gasteiger partial charge on any atom is 0.251 e. The van der Waals surface area contributed by atoms with E-state index in [0.29, 0.717) is 23.0 Å². The van der Waals surface area contributed by atoms with Crippen LogP contribution >= 0.6 is 0 Å². The van der Waals surface area contributed by atoms with Crippen LogP contribution in [0.25, 0.3) is 0 Å². The monoisotopic (exact) mass is 342 g/mol. The number of ether oxygens (including phenoxy) is 4. The number of nitrogens with one attached hydrogen (secondary N) is 1. The maximum atomic E-state index is 9.65. The summed E-state index contributed by atoms with van der Waals surface area (Å²) in [4.78, 5) is 4.49. The molecule has 0 bridgehead atoms. The minimum atomic E-state index is -1.30. The summed E-state index contributed by atoms with van der Waals surface area (Å²) in [5, 5.41) is 12.7. The first-order chi connectivity index (χ1) is 12.1. The number of aliphatic imine (C=N–C) groups is 1. The zero-order valence-electron chi connectivity index (χ0n) is 14.1. The largest absolute Gasteiger partial charge is 0.497 e. The van der Waals surface area contributed by atoms with Gasteiger partial charge in [0.25, 0.3) is 5.85 Å². The molecule has 0 spiro atoms. The summed E-state index contributed by atoms with van der Waals surface area (Å²) in [5.41, 5.74) is 6.89. The molecule has 8 heteroatoms. The fourth-order valence-corrected chi connectivity index (χ4v) is 2.92. The molecule has 2 aliphatic heterocycles. The van der Waals surface area contributed by atoms with Gasteiger partial charge in [0.05, 0.1) is 20.1 Å². The summed E-state index contributed by atoms with van der Waals surface area (Å²) in [7, 11) is 4.56. The standard InChI is InChI=1S/C17H18N4O4/c1-22-10-4-5-11-13(8-10)25-16(19)12(9-18)15(11)17(24-3)20-7-6-14(21-17)23-2/h4-8,15,20H,19H2,1-3H3. The lowest BCUT2D eigenvalue weighted by Crippen LogP contribution is -2.52. The van der Waals surface area contributed by atoms with Gasteiger partial charge in [-0.15, -0.1) is 0 Å². The second-order valence-corrected chi connectivity index (χ2v) is 5.36. The molecule has 0 saturated heterocycles. The van der Waals surface area contributed by atoms with Crippen LogP contribution in [0.3, 0.4) is 0 Å². The fourth-order valence-electron chi connectivity index (χ4n) is 2.92. The molecule has 0 aromatic heterocycles. The number of hydrogen-bond acceptors (Lipinski definition) is 8. The molecule has 0 amide bonds. The highest BCUT2D eigenvalue weighted by Gasteiger charge is 2.48. The predicted octanol–water partition coefficient (Wildman–Crippen LogP) is 1.33. The first kappa shape index (κ1) is 16.7. The number of methoxy groups -OCH3 is 3. The van der Waals surface area contributed by atoms with E-state index in [-0.39, 0.29) is 11.5 Å². The molecule has 2 atom stereocenters. The summed E-state index contributed by atoms with van der Waals surface area (Å²) in [6, 6.07) is 7.38. The van der Waals surface area contributed by atoms with Crippen molar-refractivity contribution in [2.75, 3.05) is 21.3 Å². The molecule has 1 aromatic rings. The summed E-state index contributed by atoms with van der Waals surface area (Å²) >= 11 is 0. The quantitative estimate of drug-likeness (QED) is 0.852. The van der Waals surface area contributed by atoms with Gasteiger partial charge in [-0.3, -0.25) is 0 Å². The Morgan fingerprint density at radius 3 is 2.76 bits per heavy atom. The van der Waals surface area contributed by atoms with Crippen LogP contribution in [0, 0.1) is 11.3 Å². The van der Waals surface area contributed by atoms with E-state index in [1.807, 2.05) is 0 Å². The Labute approximate surface area is 145 Å². The van der Waals surface area contributed by atoms with Crippen molar-refractivity contribution in [3.8, 4) is 17.6 Å². The van der Waals surface area contributed by atoms with Crippen molar-refractivity contribution in [1.82, 2.24) is 5.32 Å². The van der Waals surface area contributed by atoms with Crippen LogP contribution in [0.4, 0.5) is 0 Å². The Hall–Kier alpha value is -3.18. The lowest BCUT2D eigenvalue weighted by atomic mass is 9.84. The third-order valence-electron chi connectivity index (χ3n) is 4.13. The molecule has 0 saturated carbocycles. The van der Waals surface area contributed by atoms with E-state index in [4.69, 9.17) is 24.7 Å². The topological polar surface area (TPSA) is 111 Å². The van der Waals surface area contributed by atoms with Gasteiger partial charge in [0.2, 0.25) is 11.8 Å². The number of rotatable bonds is 3. The Kier molecular flexibility index (Phi) is 4.25. The summed E-state index contributed by atoms with van der Waals surface area (Å²) in [6.45, 7) is 0. The molecule has 25 heavy (non-hydrogen) atoms. The minimum Gasteiger partial charge on any atom is -0.497 e. The smallest absolute Gasteiger partial charge is 0.251 e. The van der Waals surface area contributed by atoms with Gasteiger partial charge >= 0.3 is 0 Å². The molecule has 1 aromatic carbocycles. The van der Waals surface area contributed by atoms with Crippen molar-refractivity contribution in [2.24, 2.45) is 10.7 Å². The average molecular weight is 342 g/mol. The summed E-state index contributed by atoms with van der Waals surface area (Å²) < 4.78 is 21.8. The molecule has 8 nitrogen and oxygen atoms in total. The van der Waals surface area contributed by atoms with Crippen molar-refractivity contribution in [2.45, 2.75) is 11.8 Å². The number of hydrogen-bond donors (Lipinski definition) is 2. The van der Waals surface area contributed by atoms with Gasteiger partial charge in [0, 0.05) is 31.0 Å². The van der Waals surface area contributed by atoms with Crippen LogP contribution in [-0.2, 0) is 9.47 Å². The molecule has 130 valence electrons. The van der Waals surface area contributed by atoms with E-state index in [2.05, 4.69) is 16.4 Å². The number of nitriles is 1. The van der Waals surface area contributed by atoms with Gasteiger partial charge in [-0.25, -0.2) is 0 Å². The van der Waals surface area contributed by atoms with E-state index in [1.165, 1.54) is 14.2 Å². The first-order valence-corrected chi connectivity index (χ1v) is 7.47. The highest BCUT2D eigenvalue weighted by molar-refractivity contribution is 5.88. The van der Waals surface area contributed by atoms with Gasteiger partial charge in [-0.05, 0) is 6.07 Å². The van der Waals surface area contributed by atoms with Crippen molar-refractivity contribution in [1.29, 1.82) is 5.26 Å². The predicted molar refractivity (Wildman–Crippen MR) is 89.6 cm³/mol. The highest BCUT2D eigenvalue weighted by Crippen LogP contribution is 2.46. The molecule has 3 N–H and O–H groups in total. The van der Waals surface area contributed by atoms with Crippen molar-refractivity contribution >= 4 is 5.90 Å². The SMILES string of the molecule is COC1=NC(OC)(C2C(C#N)=C(N)Oc3cc(OC)ccc32)NC=C1. The zero-order chi connectivity index (χ0) is 18.0. The molecule has 3 rings (SSSR count). The van der Waals surface area contributed by atoms with Crippen molar-refractivity contribution in [3.63, 3.8) is 0 Å². The molecule has 0 radical (unpaired) electrons. The Balaban J connectivity index is 2.21. The molecule has 2 unspecified atom stereocenters. The van der Waals surface area contributed by atoms with Crippen LogP contribution < -0.4 is 20.5 Å². The van der Waals surface area contributed by atoms with Gasteiger partial charge in [0.15, 0.2) is 0 Å². The van der Waals surface area contributed by atoms with Crippen LogP contribution in [0.2, 0.25) is 0 Å². The van der Waals surface area contributed by atoms with Crippen LogP contribution in [0.15, 0.2) is 46.9 Å². The van der Waals surface area contributed by atoms with Crippen molar-refractivity contribution in [3.05, 3.63) is 47.5 Å². The fraction of sp³-hybridized carbons (Fsp3) is 0.294. The third-order valence-corrected chi connectivity index (χ3v) is 4.13. The van der Waals surface area contributed by atoms with Gasteiger partial charge in [0.1, 0.15) is 23.1 Å². The maximum absolute atomic E-state index is 9.65. The Bertz CT molecular complexity index is 824. The minimum absolute atomic E-state index is 0.00445. The summed E-state index contributed by atoms with van der Waals surface area (Å²) in [5.74, 6) is -0.513. The lowest BCUT2D eigenvalue weighted by Gasteiger charge is -2.40. The highest BCUT2D eigenvalue weighted by atomic mass is 16.5. The zero-order valence-corrected chi connectivity index (χ0v) is 14.1. The van der Waals surface area contributed by atoms with Crippen LogP contribution in [0.5, 0.6) is 11.5 Å². The Morgan fingerprint density at radius 2 is 2.12 bits per heavy atom. The molecule has 0 aliphatic carbocycles. The third kappa shape index (κ3) is 2.64. The van der Waals surface area contributed by atoms with Gasteiger partial charge in [-0.2, -0.15) is 10.3 Å².